The first-order valence-corrected chi connectivity index (χ1v) is 6.37. The Morgan fingerprint density at radius 3 is 2.62 bits per heavy atom. The molecule has 0 spiro atoms. The highest BCUT2D eigenvalue weighted by molar-refractivity contribution is 5.43. The molecule has 0 radical (unpaired) electrons. The summed E-state index contributed by atoms with van der Waals surface area (Å²) in [5, 5.41) is 3.15. The number of benzene rings is 1. The predicted molar refractivity (Wildman–Crippen MR) is 74.3 cm³/mol. The van der Waals surface area contributed by atoms with Gasteiger partial charge in [-0.15, -0.1) is 0 Å². The molecule has 21 heavy (non-hydrogen) atoms. The van der Waals surface area contributed by atoms with Gasteiger partial charge >= 0.3 is 6.18 Å². The van der Waals surface area contributed by atoms with Crippen molar-refractivity contribution in [3.05, 3.63) is 53.7 Å². The van der Waals surface area contributed by atoms with E-state index in [4.69, 9.17) is 0 Å². The summed E-state index contributed by atoms with van der Waals surface area (Å²) in [5.41, 5.74) is 3.01. The minimum atomic E-state index is -4.36. The molecule has 112 valence electrons. The topological polar surface area (TPSA) is 34.1 Å². The van der Waals surface area contributed by atoms with Gasteiger partial charge in [0.2, 0.25) is 5.88 Å². The molecule has 0 fully saturated rings. The predicted octanol–water partition coefficient (Wildman–Crippen LogP) is 3.94. The summed E-state index contributed by atoms with van der Waals surface area (Å²) in [6, 6.07) is 11.1. The van der Waals surface area contributed by atoms with Crippen LogP contribution in [-0.2, 0) is 6.54 Å². The fourth-order valence-corrected chi connectivity index (χ4v) is 1.75. The third-order valence-electron chi connectivity index (χ3n) is 2.70. The Kier molecular flexibility index (Phi) is 4.67. The number of hydrogen-bond donors (Lipinski definition) is 1. The molecule has 0 atom stereocenters. The molecule has 2 aromatic rings. The van der Waals surface area contributed by atoms with Gasteiger partial charge in [-0.2, -0.15) is 13.2 Å². The number of aromatic nitrogens is 1. The third-order valence-corrected chi connectivity index (χ3v) is 2.70. The Bertz CT molecular complexity index is 582. The number of aryl methyl sites for hydroxylation is 1. The van der Waals surface area contributed by atoms with Crippen LogP contribution in [0.25, 0.3) is 0 Å². The number of anilines is 1. The first-order chi connectivity index (χ1) is 9.92. The molecule has 1 aromatic carbocycles. The molecule has 0 amide bonds. The van der Waals surface area contributed by atoms with Gasteiger partial charge in [-0.05, 0) is 18.6 Å². The zero-order chi connectivity index (χ0) is 15.3. The van der Waals surface area contributed by atoms with Crippen LogP contribution < -0.4 is 10.1 Å². The number of nitrogens with zero attached hydrogens (tertiary/aromatic N) is 1. The molecule has 0 saturated heterocycles. The molecule has 1 N–H and O–H groups in total. The standard InChI is InChI=1S/C15H15F3N2O/c1-11-3-2-4-12(7-11)8-19-13-5-6-14(20-9-13)21-10-15(16,17)18/h2-7,9,19H,8,10H2,1H3. The van der Waals surface area contributed by atoms with Crippen LogP contribution in [0.3, 0.4) is 0 Å². The average molecular weight is 296 g/mol. The van der Waals surface area contributed by atoms with Crippen molar-refractivity contribution in [3.63, 3.8) is 0 Å². The molecular formula is C15H15F3N2O. The van der Waals surface area contributed by atoms with Crippen molar-refractivity contribution in [1.82, 2.24) is 4.98 Å². The van der Waals surface area contributed by atoms with E-state index in [2.05, 4.69) is 21.1 Å². The lowest BCUT2D eigenvalue weighted by Gasteiger charge is -2.10. The van der Waals surface area contributed by atoms with E-state index in [0.29, 0.717) is 6.54 Å². The zero-order valence-corrected chi connectivity index (χ0v) is 11.4. The Labute approximate surface area is 120 Å². The van der Waals surface area contributed by atoms with Crippen LogP contribution in [0.2, 0.25) is 0 Å². The first kappa shape index (κ1) is 15.2. The van der Waals surface area contributed by atoms with Crippen molar-refractivity contribution in [2.75, 3.05) is 11.9 Å². The van der Waals surface area contributed by atoms with Crippen LogP contribution in [-0.4, -0.2) is 17.8 Å². The van der Waals surface area contributed by atoms with Gasteiger partial charge < -0.3 is 10.1 Å². The Morgan fingerprint density at radius 2 is 2.00 bits per heavy atom. The molecular weight excluding hydrogens is 281 g/mol. The van der Waals surface area contributed by atoms with E-state index in [9.17, 15) is 13.2 Å². The second-order valence-corrected chi connectivity index (χ2v) is 4.63. The molecule has 3 nitrogen and oxygen atoms in total. The molecule has 0 unspecified atom stereocenters. The summed E-state index contributed by atoms with van der Waals surface area (Å²) in [6.45, 7) is 1.29. The molecule has 1 aromatic heterocycles. The highest BCUT2D eigenvalue weighted by Crippen LogP contribution is 2.18. The number of hydrogen-bond acceptors (Lipinski definition) is 3. The van der Waals surface area contributed by atoms with E-state index in [1.807, 2.05) is 25.1 Å². The lowest BCUT2D eigenvalue weighted by atomic mass is 10.1. The van der Waals surface area contributed by atoms with Gasteiger partial charge in [-0.1, -0.05) is 29.8 Å². The quantitative estimate of drug-likeness (QED) is 0.907. The Hall–Kier alpha value is -2.24. The van der Waals surface area contributed by atoms with Gasteiger partial charge in [-0.25, -0.2) is 4.98 Å². The number of pyridine rings is 1. The maximum absolute atomic E-state index is 12.0. The normalized spacial score (nSPS) is 11.2. The molecule has 0 bridgehead atoms. The van der Waals surface area contributed by atoms with E-state index in [1.54, 1.807) is 6.07 Å². The van der Waals surface area contributed by atoms with Gasteiger partial charge in [-0.3, -0.25) is 0 Å². The van der Waals surface area contributed by atoms with E-state index in [-0.39, 0.29) is 5.88 Å². The van der Waals surface area contributed by atoms with Crippen molar-refractivity contribution in [2.24, 2.45) is 0 Å². The minimum absolute atomic E-state index is 0.0477. The van der Waals surface area contributed by atoms with Gasteiger partial charge in [0.05, 0.1) is 11.9 Å². The molecule has 0 aliphatic heterocycles. The van der Waals surface area contributed by atoms with Crippen LogP contribution in [0, 0.1) is 6.92 Å². The van der Waals surface area contributed by atoms with Gasteiger partial charge in [0.15, 0.2) is 6.61 Å². The van der Waals surface area contributed by atoms with Crippen molar-refractivity contribution in [1.29, 1.82) is 0 Å². The van der Waals surface area contributed by atoms with Crippen molar-refractivity contribution >= 4 is 5.69 Å². The first-order valence-electron chi connectivity index (χ1n) is 6.37. The molecule has 0 saturated carbocycles. The number of rotatable bonds is 5. The fourth-order valence-electron chi connectivity index (χ4n) is 1.75. The summed E-state index contributed by atoms with van der Waals surface area (Å²) in [6.07, 6.45) is -2.91. The third kappa shape index (κ3) is 5.33. The van der Waals surface area contributed by atoms with Crippen LogP contribution in [0.1, 0.15) is 11.1 Å². The maximum Gasteiger partial charge on any atom is 0.422 e. The number of ether oxygens (including phenoxy) is 1. The number of halogens is 3. The molecule has 6 heteroatoms. The monoisotopic (exact) mass is 296 g/mol. The second-order valence-electron chi connectivity index (χ2n) is 4.63. The zero-order valence-electron chi connectivity index (χ0n) is 11.4. The van der Waals surface area contributed by atoms with E-state index in [0.717, 1.165) is 11.3 Å². The SMILES string of the molecule is Cc1cccc(CNc2ccc(OCC(F)(F)F)nc2)c1. The molecule has 0 aliphatic carbocycles. The van der Waals surface area contributed by atoms with Crippen molar-refractivity contribution in [3.8, 4) is 5.88 Å². The van der Waals surface area contributed by atoms with Gasteiger partial charge in [0.25, 0.3) is 0 Å². The lowest BCUT2D eigenvalue weighted by Crippen LogP contribution is -2.19. The fraction of sp³-hybridized carbons (Fsp3) is 0.267. The summed E-state index contributed by atoms with van der Waals surface area (Å²) in [4.78, 5) is 3.83. The average Bonchev–Trinajstić information content (AvgIpc) is 2.43. The number of alkyl halides is 3. The highest BCUT2D eigenvalue weighted by atomic mass is 19.4. The largest absolute Gasteiger partial charge is 0.468 e. The second kappa shape index (κ2) is 6.47. The smallest absolute Gasteiger partial charge is 0.422 e. The van der Waals surface area contributed by atoms with Crippen LogP contribution in [0.15, 0.2) is 42.6 Å². The highest BCUT2D eigenvalue weighted by Gasteiger charge is 2.28. The Balaban J connectivity index is 1.87. The minimum Gasteiger partial charge on any atom is -0.468 e. The molecule has 2 rings (SSSR count). The van der Waals surface area contributed by atoms with Crippen LogP contribution >= 0.6 is 0 Å². The summed E-state index contributed by atoms with van der Waals surface area (Å²) in [7, 11) is 0. The van der Waals surface area contributed by atoms with Crippen molar-refractivity contribution < 1.29 is 17.9 Å². The summed E-state index contributed by atoms with van der Waals surface area (Å²) >= 11 is 0. The van der Waals surface area contributed by atoms with Gasteiger partial charge in [0.1, 0.15) is 0 Å². The maximum atomic E-state index is 12.0. The van der Waals surface area contributed by atoms with Gasteiger partial charge in [0, 0.05) is 12.6 Å². The van der Waals surface area contributed by atoms with Crippen molar-refractivity contribution in [2.45, 2.75) is 19.6 Å². The van der Waals surface area contributed by atoms with E-state index < -0.39 is 12.8 Å². The van der Waals surface area contributed by atoms with Crippen LogP contribution in [0.5, 0.6) is 5.88 Å². The lowest BCUT2D eigenvalue weighted by molar-refractivity contribution is -0.154. The van der Waals surface area contributed by atoms with E-state index >= 15 is 0 Å². The molecule has 1 heterocycles. The number of nitrogens with one attached hydrogen (secondary N) is 1. The Morgan fingerprint density at radius 1 is 1.19 bits per heavy atom. The van der Waals surface area contributed by atoms with Crippen LogP contribution in [0.4, 0.5) is 18.9 Å². The van der Waals surface area contributed by atoms with E-state index in [1.165, 1.54) is 17.8 Å². The molecule has 0 aliphatic rings. The summed E-state index contributed by atoms with van der Waals surface area (Å²) < 4.78 is 40.5. The summed E-state index contributed by atoms with van der Waals surface area (Å²) in [5.74, 6) is -0.0477.